The monoisotopic (exact) mass is 523 g/mol. The van der Waals surface area contributed by atoms with E-state index in [0.717, 1.165) is 37.0 Å². The number of hydrogen-bond acceptors (Lipinski definition) is 8. The molecule has 9 nitrogen and oxygen atoms in total. The molecular weight excluding hydrogens is 487 g/mol. The highest BCUT2D eigenvalue weighted by Gasteiger charge is 2.34. The smallest absolute Gasteiger partial charge is 0.393 e. The predicted molar refractivity (Wildman–Crippen MR) is 137 cm³/mol. The Morgan fingerprint density at radius 1 is 1.24 bits per heavy atom. The zero-order chi connectivity index (χ0) is 26.9. The van der Waals surface area contributed by atoms with Crippen molar-refractivity contribution in [3.63, 3.8) is 0 Å². The van der Waals surface area contributed by atoms with Crippen LogP contribution < -0.4 is 27.2 Å². The minimum absolute atomic E-state index is 0.0187. The van der Waals surface area contributed by atoms with E-state index in [4.69, 9.17) is 16.3 Å². The second-order valence-corrected chi connectivity index (χ2v) is 9.88. The van der Waals surface area contributed by atoms with Crippen LogP contribution >= 0.6 is 0 Å². The van der Waals surface area contributed by atoms with Gasteiger partial charge in [0, 0.05) is 45.4 Å². The Morgan fingerprint density at radius 2 is 1.95 bits per heavy atom. The second kappa shape index (κ2) is 10.9. The summed E-state index contributed by atoms with van der Waals surface area (Å²) in [5, 5.41) is 1.47. The number of benzene rings is 1. The Hall–Kier alpha value is -2.83. The number of nitrogens with zero attached hydrogens (tertiary/aromatic N) is 5. The van der Waals surface area contributed by atoms with Crippen molar-refractivity contribution >= 4 is 17.3 Å². The number of alkyl halides is 3. The van der Waals surface area contributed by atoms with Crippen molar-refractivity contribution in [2.45, 2.75) is 57.5 Å². The molecule has 4 rings (SSSR count). The lowest BCUT2D eigenvalue weighted by molar-refractivity contribution is -0.137. The maximum atomic E-state index is 13.0. The lowest BCUT2D eigenvalue weighted by Crippen LogP contribution is -2.54. The molecule has 2 aromatic rings. The first kappa shape index (κ1) is 27.2. The molecule has 1 aromatic heterocycles. The van der Waals surface area contributed by atoms with Gasteiger partial charge in [-0.15, -0.1) is 0 Å². The number of rotatable bonds is 7. The molecule has 2 fully saturated rings. The molecule has 0 radical (unpaired) electrons. The van der Waals surface area contributed by atoms with Gasteiger partial charge in [-0.25, -0.2) is 10.6 Å². The van der Waals surface area contributed by atoms with Gasteiger partial charge in [0.15, 0.2) is 11.6 Å². The van der Waals surface area contributed by atoms with E-state index >= 15 is 0 Å². The highest BCUT2D eigenvalue weighted by molar-refractivity contribution is 5.76. The summed E-state index contributed by atoms with van der Waals surface area (Å²) in [7, 11) is 1.59. The minimum atomic E-state index is -4.36. The quantitative estimate of drug-likeness (QED) is 0.422. The first-order valence-corrected chi connectivity index (χ1v) is 12.7. The highest BCUT2D eigenvalue weighted by atomic mass is 19.4. The van der Waals surface area contributed by atoms with Crippen molar-refractivity contribution in [1.29, 1.82) is 0 Å². The number of hydrazine groups is 1. The van der Waals surface area contributed by atoms with Crippen LogP contribution in [0.5, 0.6) is 0 Å². The molecule has 12 heteroatoms. The number of ether oxygens (including phenoxy) is 1. The maximum Gasteiger partial charge on any atom is 0.416 e. The standard InChI is InChI=1S/C25H36F3N7O2/c1-4-20(17-7-9-18(10-8-17)25(26,27)28)33-11-12-34(16(2)14-33)22-21(29)23(32(3)24(36)31-22)35(30)15-19-6-5-13-37-19/h7-10,16,19-20H,4-6,11-15,29-30H2,1-3H3. The summed E-state index contributed by atoms with van der Waals surface area (Å²) in [6.45, 7) is 6.98. The molecule has 0 bridgehead atoms. The first-order chi connectivity index (χ1) is 17.5. The van der Waals surface area contributed by atoms with E-state index < -0.39 is 17.4 Å². The summed E-state index contributed by atoms with van der Waals surface area (Å²) >= 11 is 0. The van der Waals surface area contributed by atoms with Crippen LogP contribution in [0.15, 0.2) is 29.1 Å². The normalized spacial score (nSPS) is 21.9. The van der Waals surface area contributed by atoms with Gasteiger partial charge in [0.05, 0.1) is 18.2 Å². The third-order valence-corrected chi connectivity index (χ3v) is 7.37. The Labute approximate surface area is 214 Å². The molecular formula is C25H36F3N7O2. The Bertz CT molecular complexity index is 1130. The molecule has 1 aromatic carbocycles. The number of piperazine rings is 1. The molecule has 2 aliphatic heterocycles. The van der Waals surface area contributed by atoms with E-state index in [0.29, 0.717) is 50.1 Å². The van der Waals surface area contributed by atoms with Crippen LogP contribution in [-0.2, 0) is 18.0 Å². The van der Waals surface area contributed by atoms with Crippen LogP contribution in [0.2, 0.25) is 0 Å². The van der Waals surface area contributed by atoms with E-state index in [9.17, 15) is 18.0 Å². The number of nitrogens with two attached hydrogens (primary N) is 2. The van der Waals surface area contributed by atoms with Gasteiger partial charge in [0.25, 0.3) is 0 Å². The predicted octanol–water partition coefficient (Wildman–Crippen LogP) is 2.90. The molecule has 3 heterocycles. The van der Waals surface area contributed by atoms with Gasteiger partial charge < -0.3 is 15.4 Å². The van der Waals surface area contributed by atoms with Gasteiger partial charge in [0.2, 0.25) is 0 Å². The van der Waals surface area contributed by atoms with E-state index in [1.165, 1.54) is 9.58 Å². The molecule has 3 atom stereocenters. The molecule has 204 valence electrons. The average Bonchev–Trinajstić information content (AvgIpc) is 3.35. The van der Waals surface area contributed by atoms with Crippen molar-refractivity contribution in [1.82, 2.24) is 14.5 Å². The number of halogens is 3. The molecule has 37 heavy (non-hydrogen) atoms. The summed E-state index contributed by atoms with van der Waals surface area (Å²) in [4.78, 5) is 21.3. The lowest BCUT2D eigenvalue weighted by Gasteiger charge is -2.44. The third-order valence-electron chi connectivity index (χ3n) is 7.37. The molecule has 3 unspecified atom stereocenters. The Balaban J connectivity index is 1.53. The van der Waals surface area contributed by atoms with Crippen LogP contribution in [0.4, 0.5) is 30.5 Å². The fraction of sp³-hybridized carbons (Fsp3) is 0.600. The number of aromatic nitrogens is 2. The van der Waals surface area contributed by atoms with Crippen molar-refractivity contribution < 1.29 is 17.9 Å². The van der Waals surface area contributed by atoms with Crippen LogP contribution in [0.1, 0.15) is 50.3 Å². The SMILES string of the molecule is CCC(c1ccc(C(F)(F)F)cc1)N1CCN(c2nc(=O)n(C)c(N(N)CC3CCCO3)c2N)C(C)C1. The fourth-order valence-corrected chi connectivity index (χ4v) is 5.44. The molecule has 0 amide bonds. The summed E-state index contributed by atoms with van der Waals surface area (Å²) < 4.78 is 46.1. The maximum absolute atomic E-state index is 13.0. The number of hydrogen-bond donors (Lipinski definition) is 2. The molecule has 2 aliphatic rings. The lowest BCUT2D eigenvalue weighted by atomic mass is 9.99. The van der Waals surface area contributed by atoms with Gasteiger partial charge in [-0.3, -0.25) is 14.5 Å². The largest absolute Gasteiger partial charge is 0.416 e. The van der Waals surface area contributed by atoms with Crippen LogP contribution in [0, 0.1) is 0 Å². The topological polar surface area (TPSA) is 106 Å². The van der Waals surface area contributed by atoms with Crippen molar-refractivity contribution in [3.8, 4) is 0 Å². The molecule has 0 saturated carbocycles. The van der Waals surface area contributed by atoms with Crippen LogP contribution in [0.3, 0.4) is 0 Å². The minimum Gasteiger partial charge on any atom is -0.393 e. The van der Waals surface area contributed by atoms with Gasteiger partial charge >= 0.3 is 11.9 Å². The van der Waals surface area contributed by atoms with Gasteiger partial charge in [-0.05, 0) is 43.9 Å². The molecule has 0 spiro atoms. The first-order valence-electron chi connectivity index (χ1n) is 12.7. The van der Waals surface area contributed by atoms with E-state index in [1.807, 2.05) is 18.7 Å². The van der Waals surface area contributed by atoms with E-state index in [-0.39, 0.29) is 18.2 Å². The summed E-state index contributed by atoms with van der Waals surface area (Å²) in [6, 6.07) is 5.33. The Kier molecular flexibility index (Phi) is 8.00. The third kappa shape index (κ3) is 5.70. The summed E-state index contributed by atoms with van der Waals surface area (Å²) in [6.07, 6.45) is -1.76. The van der Waals surface area contributed by atoms with Crippen molar-refractivity contribution in [2.24, 2.45) is 12.9 Å². The van der Waals surface area contributed by atoms with Crippen molar-refractivity contribution in [2.75, 3.05) is 48.4 Å². The summed E-state index contributed by atoms with van der Waals surface area (Å²) in [5.74, 6) is 7.15. The van der Waals surface area contributed by atoms with Gasteiger partial charge in [0.1, 0.15) is 5.69 Å². The highest BCUT2D eigenvalue weighted by Crippen LogP contribution is 2.35. The second-order valence-electron chi connectivity index (χ2n) is 9.88. The van der Waals surface area contributed by atoms with Crippen LogP contribution in [0.25, 0.3) is 0 Å². The molecule has 2 saturated heterocycles. The number of anilines is 3. The average molecular weight is 524 g/mol. The molecule has 4 N–H and O–H groups in total. The van der Waals surface area contributed by atoms with Crippen molar-refractivity contribution in [3.05, 3.63) is 45.9 Å². The van der Waals surface area contributed by atoms with Crippen LogP contribution in [-0.4, -0.2) is 59.4 Å². The zero-order valence-electron chi connectivity index (χ0n) is 21.5. The van der Waals surface area contributed by atoms with E-state index in [2.05, 4.69) is 9.88 Å². The Morgan fingerprint density at radius 3 is 2.51 bits per heavy atom. The number of nitrogen functional groups attached to an aromatic ring is 1. The van der Waals surface area contributed by atoms with E-state index in [1.54, 1.807) is 19.2 Å². The van der Waals surface area contributed by atoms with Gasteiger partial charge in [-0.1, -0.05) is 19.1 Å². The summed E-state index contributed by atoms with van der Waals surface area (Å²) in [5.41, 5.74) is 6.62. The molecule has 0 aliphatic carbocycles. The zero-order valence-corrected chi connectivity index (χ0v) is 21.5. The van der Waals surface area contributed by atoms with Gasteiger partial charge in [-0.2, -0.15) is 18.2 Å². The fourth-order valence-electron chi connectivity index (χ4n) is 5.44.